The smallest absolute Gasteiger partial charge is 0.289 e. The van der Waals surface area contributed by atoms with Crippen LogP contribution in [0.15, 0.2) is 84.9 Å². The summed E-state index contributed by atoms with van der Waals surface area (Å²) in [7, 11) is -2.21. The van der Waals surface area contributed by atoms with Crippen LogP contribution in [0.5, 0.6) is 5.19 Å². The van der Waals surface area contributed by atoms with E-state index in [2.05, 4.69) is 38.8 Å². The Labute approximate surface area is 209 Å². The maximum atomic E-state index is 13.9. The highest BCUT2D eigenvalue weighted by Crippen LogP contribution is 2.45. The molecular formula is C27H31NO3S2Si. The minimum absolute atomic E-state index is 0.00332. The van der Waals surface area contributed by atoms with E-state index in [0.29, 0.717) is 5.19 Å². The van der Waals surface area contributed by atoms with Gasteiger partial charge in [-0.3, -0.25) is 0 Å². The molecule has 0 fully saturated rings. The quantitative estimate of drug-likeness (QED) is 0.227. The fourth-order valence-corrected chi connectivity index (χ4v) is 6.95. The van der Waals surface area contributed by atoms with Gasteiger partial charge in [0.25, 0.3) is 5.19 Å². The molecule has 0 N–H and O–H groups in total. The molecule has 0 aliphatic carbocycles. The zero-order valence-corrected chi connectivity index (χ0v) is 22.9. The summed E-state index contributed by atoms with van der Waals surface area (Å²) in [4.78, 5) is 4.55. The van der Waals surface area contributed by atoms with E-state index in [1.54, 1.807) is 0 Å². The Kier molecular flexibility index (Phi) is 7.38. The Balaban J connectivity index is 1.77. The van der Waals surface area contributed by atoms with Gasteiger partial charge in [-0.25, -0.2) is 9.19 Å². The van der Waals surface area contributed by atoms with Crippen LogP contribution in [0.2, 0.25) is 18.1 Å². The molecule has 0 amide bonds. The van der Waals surface area contributed by atoms with Gasteiger partial charge < -0.3 is 8.61 Å². The summed E-state index contributed by atoms with van der Waals surface area (Å²) >= 11 is -0.329. The maximum absolute atomic E-state index is 13.9. The Morgan fingerprint density at radius 2 is 1.41 bits per heavy atom. The molecule has 34 heavy (non-hydrogen) atoms. The molecule has 1 aromatic heterocycles. The number of nitrogens with zero attached hydrogens (tertiary/aromatic N) is 1. The van der Waals surface area contributed by atoms with Crippen LogP contribution in [0.4, 0.5) is 0 Å². The monoisotopic (exact) mass is 509 g/mol. The molecular weight excluding hydrogens is 479 g/mol. The second-order valence-corrected chi connectivity index (χ2v) is 16.8. The van der Waals surface area contributed by atoms with E-state index in [4.69, 9.17) is 8.61 Å². The summed E-state index contributed by atoms with van der Waals surface area (Å²) in [5.41, 5.74) is 2.74. The number of fused-ring (bicyclic) bond motifs is 1. The van der Waals surface area contributed by atoms with Crippen molar-refractivity contribution >= 4 is 41.0 Å². The van der Waals surface area contributed by atoms with Crippen molar-refractivity contribution in [2.75, 3.05) is 0 Å². The van der Waals surface area contributed by atoms with Crippen molar-refractivity contribution < 1.29 is 12.8 Å². The van der Waals surface area contributed by atoms with E-state index in [-0.39, 0.29) is 5.04 Å². The van der Waals surface area contributed by atoms with Gasteiger partial charge in [0, 0.05) is 0 Å². The fraction of sp³-hybridized carbons (Fsp3) is 0.296. The summed E-state index contributed by atoms with van der Waals surface area (Å²) < 4.78 is 27.9. The van der Waals surface area contributed by atoms with Gasteiger partial charge in [0.2, 0.25) is 11.1 Å². The summed E-state index contributed by atoms with van der Waals surface area (Å²) in [6.07, 6.45) is -0.431. The van der Waals surface area contributed by atoms with Gasteiger partial charge in [0.15, 0.2) is 8.32 Å². The predicted octanol–water partition coefficient (Wildman–Crippen LogP) is 7.84. The number of thiazole rings is 1. The number of hydrogen-bond donors (Lipinski definition) is 0. The van der Waals surface area contributed by atoms with E-state index >= 15 is 0 Å². The first-order valence-corrected chi connectivity index (χ1v) is 16.2. The van der Waals surface area contributed by atoms with Crippen molar-refractivity contribution in [3.05, 3.63) is 96.1 Å². The van der Waals surface area contributed by atoms with Crippen molar-refractivity contribution in [1.82, 2.24) is 4.98 Å². The van der Waals surface area contributed by atoms with E-state index in [9.17, 15) is 4.21 Å². The van der Waals surface area contributed by atoms with Gasteiger partial charge in [0.1, 0.15) is 5.25 Å². The molecule has 0 radical (unpaired) electrons. The molecule has 0 aliphatic heterocycles. The van der Waals surface area contributed by atoms with Crippen molar-refractivity contribution in [2.45, 2.75) is 50.3 Å². The Bertz CT molecular complexity index is 1220. The van der Waals surface area contributed by atoms with Crippen LogP contribution >= 0.6 is 11.3 Å². The number of aromatic nitrogens is 1. The molecule has 4 rings (SSSR count). The molecule has 0 spiro atoms. The first-order chi connectivity index (χ1) is 16.2. The van der Waals surface area contributed by atoms with Gasteiger partial charge >= 0.3 is 0 Å². The molecule has 0 saturated carbocycles. The first-order valence-electron chi connectivity index (χ1n) is 11.4. The average molecular weight is 510 g/mol. The van der Waals surface area contributed by atoms with Crippen molar-refractivity contribution in [3.8, 4) is 5.19 Å². The topological polar surface area (TPSA) is 48.4 Å². The van der Waals surface area contributed by atoms with E-state index in [1.165, 1.54) is 11.3 Å². The predicted molar refractivity (Wildman–Crippen MR) is 145 cm³/mol. The van der Waals surface area contributed by atoms with Crippen LogP contribution in [0.1, 0.15) is 43.3 Å². The molecule has 7 heteroatoms. The third-order valence-electron chi connectivity index (χ3n) is 6.39. The first kappa shape index (κ1) is 24.8. The van der Waals surface area contributed by atoms with E-state index in [1.807, 2.05) is 84.9 Å². The minimum Gasteiger partial charge on any atom is -0.408 e. The average Bonchev–Trinajstić information content (AvgIpc) is 3.21. The van der Waals surface area contributed by atoms with Gasteiger partial charge in [0.05, 0.1) is 16.3 Å². The summed E-state index contributed by atoms with van der Waals surface area (Å²) in [6, 6.07) is 27.8. The maximum Gasteiger partial charge on any atom is 0.289 e. The lowest BCUT2D eigenvalue weighted by Gasteiger charge is -2.41. The number of rotatable bonds is 8. The van der Waals surface area contributed by atoms with Gasteiger partial charge in [-0.1, -0.05) is 105 Å². The van der Waals surface area contributed by atoms with Crippen LogP contribution in [-0.4, -0.2) is 17.5 Å². The Morgan fingerprint density at radius 3 is 2.00 bits per heavy atom. The second-order valence-electron chi connectivity index (χ2n) is 9.83. The molecule has 1 heterocycles. The standard InChI is InChI=1S/C27H31NO3S2Si/c1-27(2,3)34(4,5)31-24(20-14-8-6-9-15-20)25(21-16-10-7-11-17-21)33(29)30-26-28-22-18-12-13-19-23(22)32-26/h6-19,24-25H,1-5H3/t24-,25+,33?/m0/s1. The van der Waals surface area contributed by atoms with Crippen molar-refractivity contribution in [2.24, 2.45) is 0 Å². The van der Waals surface area contributed by atoms with Crippen molar-refractivity contribution in [3.63, 3.8) is 0 Å². The summed E-state index contributed by atoms with van der Waals surface area (Å²) in [5.74, 6) is 0. The zero-order valence-electron chi connectivity index (χ0n) is 20.2. The molecule has 4 nitrogen and oxygen atoms in total. The molecule has 0 saturated heterocycles. The third kappa shape index (κ3) is 5.49. The summed E-state index contributed by atoms with van der Waals surface area (Å²) in [6.45, 7) is 11.1. The molecule has 4 aromatic rings. The molecule has 0 bridgehead atoms. The lowest BCUT2D eigenvalue weighted by Crippen LogP contribution is -2.43. The van der Waals surface area contributed by atoms with E-state index < -0.39 is 30.8 Å². The van der Waals surface area contributed by atoms with Gasteiger partial charge in [-0.05, 0) is 41.4 Å². The normalized spacial score (nSPS) is 15.1. The SMILES string of the molecule is CC(C)(C)[Si](C)(C)O[C@@H](c1ccccc1)[C@@H](c1ccccc1)S(=O)Oc1nc2ccccc2s1. The van der Waals surface area contributed by atoms with Crippen LogP contribution < -0.4 is 4.18 Å². The van der Waals surface area contributed by atoms with Crippen LogP contribution in [0.25, 0.3) is 10.2 Å². The van der Waals surface area contributed by atoms with Crippen LogP contribution in [0.3, 0.4) is 0 Å². The van der Waals surface area contributed by atoms with E-state index in [0.717, 1.165) is 21.3 Å². The van der Waals surface area contributed by atoms with Crippen molar-refractivity contribution in [1.29, 1.82) is 0 Å². The molecule has 1 unspecified atom stereocenters. The molecule has 178 valence electrons. The van der Waals surface area contributed by atoms with Crippen LogP contribution in [0, 0.1) is 0 Å². The number of benzene rings is 3. The largest absolute Gasteiger partial charge is 0.408 e. The highest BCUT2D eigenvalue weighted by atomic mass is 32.2. The summed E-state index contributed by atoms with van der Waals surface area (Å²) in [5, 5.41) is -0.124. The van der Waals surface area contributed by atoms with Gasteiger partial charge in [-0.2, -0.15) is 0 Å². The lowest BCUT2D eigenvalue weighted by atomic mass is 10.0. The number of para-hydroxylation sites is 1. The minimum atomic E-state index is -2.21. The second kappa shape index (κ2) is 10.1. The van der Waals surface area contributed by atoms with Crippen LogP contribution in [-0.2, 0) is 15.5 Å². The molecule has 0 aliphatic rings. The molecule has 3 aromatic carbocycles. The Hall–Kier alpha value is -2.32. The number of hydrogen-bond acceptors (Lipinski definition) is 5. The zero-order chi connectivity index (χ0) is 24.3. The highest BCUT2D eigenvalue weighted by Gasteiger charge is 2.43. The molecule has 3 atom stereocenters. The van der Waals surface area contributed by atoms with Gasteiger partial charge in [-0.15, -0.1) is 0 Å². The lowest BCUT2D eigenvalue weighted by molar-refractivity contribution is 0.176. The fourth-order valence-electron chi connectivity index (χ4n) is 3.48. The third-order valence-corrected chi connectivity index (χ3v) is 13.1. The Morgan fingerprint density at radius 1 is 0.853 bits per heavy atom. The highest BCUT2D eigenvalue weighted by molar-refractivity contribution is 7.81.